The van der Waals surface area contributed by atoms with Crippen LogP contribution in [0.4, 0.5) is 17.5 Å². The van der Waals surface area contributed by atoms with E-state index in [1.165, 1.54) is 41.4 Å². The first-order valence-corrected chi connectivity index (χ1v) is 25.4. The molecule has 0 saturated carbocycles. The van der Waals surface area contributed by atoms with Crippen LogP contribution in [0.5, 0.6) is 0 Å². The van der Waals surface area contributed by atoms with E-state index in [0.29, 0.717) is 6.42 Å². The zero-order valence-electron chi connectivity index (χ0n) is 31.1. The van der Waals surface area contributed by atoms with Gasteiger partial charge in [0.2, 0.25) is 0 Å². The lowest BCUT2D eigenvalue weighted by atomic mass is 10.1. The van der Waals surface area contributed by atoms with E-state index in [-0.39, 0.29) is 36.7 Å². The fourth-order valence-corrected chi connectivity index (χ4v) is 10.4. The largest absolute Gasteiger partial charge is 0.383 e. The van der Waals surface area contributed by atoms with Gasteiger partial charge in [-0.3, -0.25) is 13.7 Å². The summed E-state index contributed by atoms with van der Waals surface area (Å²) in [5.74, 6) is -0.00548. The van der Waals surface area contributed by atoms with Crippen LogP contribution >= 0.6 is 20.2 Å². The van der Waals surface area contributed by atoms with Gasteiger partial charge in [-0.1, -0.05) is 6.92 Å². The standard InChI is InChI=1S/C29H42N9O15P3S3/c1-3-15-16(10-24(48-15)36-7-4-21(30)33-27(36)39)52-55(43,58)46-14-20-18(12-26(50-20)38-9-6-23(32)35-29(38)41)53-56(44,59)47-13-19-17(51-54(42,57)45-2)11-25(49-19)37-8-5-22(31)34-28(37)40/h4-9,15-20,24-26H,3,10-14H2,1-2H3,(H,42,57)(H,43,58)(H,44,59)(H2,30,33,39)(H2,31,34,40)(H2,32,35,41)/t15-,16?,17?,18?,19-,20-,24+,25+,26+,54?,55?,56?/m0/s1. The van der Waals surface area contributed by atoms with E-state index in [1.807, 2.05) is 6.92 Å². The normalized spacial score (nSPS) is 30.2. The highest BCUT2D eigenvalue weighted by Crippen LogP contribution is 2.53. The highest BCUT2D eigenvalue weighted by molar-refractivity contribution is 8.07. The monoisotopic (exact) mass is 945 g/mol. The van der Waals surface area contributed by atoms with Crippen molar-refractivity contribution in [2.45, 2.75) is 87.9 Å². The zero-order chi connectivity index (χ0) is 42.9. The molecule has 0 radical (unpaired) electrons. The summed E-state index contributed by atoms with van der Waals surface area (Å²) >= 11 is 15.8. The summed E-state index contributed by atoms with van der Waals surface area (Å²) in [5.41, 5.74) is 14.8. The number of nitrogen functional groups attached to an aromatic ring is 3. The van der Waals surface area contributed by atoms with E-state index in [4.69, 9.17) is 94.0 Å². The van der Waals surface area contributed by atoms with Gasteiger partial charge in [0.05, 0.1) is 37.6 Å². The molecule has 0 bridgehead atoms. The maximum atomic E-state index is 12.8. The number of hydrogen-bond donors (Lipinski definition) is 6. The summed E-state index contributed by atoms with van der Waals surface area (Å²) in [6.07, 6.45) is -4.06. The maximum Gasteiger partial charge on any atom is 0.351 e. The molecule has 12 atom stereocenters. The summed E-state index contributed by atoms with van der Waals surface area (Å²) in [6, 6.07) is 4.20. The molecule has 0 aromatic carbocycles. The highest BCUT2D eigenvalue weighted by atomic mass is 32.5. The van der Waals surface area contributed by atoms with Crippen LogP contribution in [0.15, 0.2) is 51.2 Å². The molecule has 3 aliphatic heterocycles. The van der Waals surface area contributed by atoms with Crippen molar-refractivity contribution in [2.24, 2.45) is 0 Å². The molecule has 0 aliphatic carbocycles. The van der Waals surface area contributed by atoms with Gasteiger partial charge in [0.15, 0.2) is 0 Å². The van der Waals surface area contributed by atoms with E-state index in [1.54, 1.807) is 0 Å². The third-order valence-corrected chi connectivity index (χ3v) is 14.1. The molecular weight excluding hydrogens is 903 g/mol. The van der Waals surface area contributed by atoms with Crippen LogP contribution in [-0.4, -0.2) is 100 Å². The lowest BCUT2D eigenvalue weighted by Gasteiger charge is -2.27. The van der Waals surface area contributed by atoms with Crippen molar-refractivity contribution in [3.05, 3.63) is 68.2 Å². The molecule has 30 heteroatoms. The van der Waals surface area contributed by atoms with Gasteiger partial charge >= 0.3 is 37.2 Å². The molecule has 326 valence electrons. The summed E-state index contributed by atoms with van der Waals surface area (Å²) < 4.78 is 55.4. The molecule has 9 N–H and O–H groups in total. The molecule has 6 rings (SSSR count). The van der Waals surface area contributed by atoms with Crippen molar-refractivity contribution in [3.8, 4) is 0 Å². The summed E-state index contributed by atoms with van der Waals surface area (Å²) in [6.45, 7) is -11.2. The average molecular weight is 946 g/mol. The Bertz CT molecular complexity index is 2330. The summed E-state index contributed by atoms with van der Waals surface area (Å²) in [5, 5.41) is 0. The first-order valence-electron chi connectivity index (χ1n) is 17.6. The van der Waals surface area contributed by atoms with Crippen LogP contribution in [-0.2, 0) is 76.8 Å². The van der Waals surface area contributed by atoms with Crippen LogP contribution in [0.1, 0.15) is 51.3 Å². The molecular formula is C29H42N9O15P3S3. The molecule has 3 aliphatic rings. The van der Waals surface area contributed by atoms with Crippen LogP contribution < -0.4 is 34.3 Å². The smallest absolute Gasteiger partial charge is 0.351 e. The van der Waals surface area contributed by atoms with E-state index >= 15 is 0 Å². The minimum Gasteiger partial charge on any atom is -0.383 e. The van der Waals surface area contributed by atoms with Gasteiger partial charge in [0.25, 0.3) is 0 Å². The average Bonchev–Trinajstić information content (AvgIpc) is 3.86. The molecule has 3 aromatic rings. The van der Waals surface area contributed by atoms with Gasteiger partial charge in [-0.15, -0.1) is 0 Å². The Morgan fingerprint density at radius 1 is 0.644 bits per heavy atom. The van der Waals surface area contributed by atoms with Crippen LogP contribution in [0.3, 0.4) is 0 Å². The van der Waals surface area contributed by atoms with Gasteiger partial charge in [0, 0.05) is 45.0 Å². The minimum atomic E-state index is -4.24. The van der Waals surface area contributed by atoms with Gasteiger partial charge in [-0.2, -0.15) is 15.0 Å². The minimum absolute atomic E-state index is 0.0134. The topological polar surface area (TPSA) is 326 Å². The second-order valence-electron chi connectivity index (χ2n) is 13.2. The summed E-state index contributed by atoms with van der Waals surface area (Å²) in [7, 11) is 1.16. The van der Waals surface area contributed by atoms with Gasteiger partial charge in [0.1, 0.15) is 48.3 Å². The number of nitrogens with zero attached hydrogens (tertiary/aromatic N) is 6. The highest BCUT2D eigenvalue weighted by Gasteiger charge is 2.45. The van der Waals surface area contributed by atoms with Crippen molar-refractivity contribution >= 4 is 73.0 Å². The second-order valence-corrected chi connectivity index (χ2v) is 21.7. The van der Waals surface area contributed by atoms with E-state index < -0.39 is 106 Å². The molecule has 3 fully saturated rings. The molecule has 0 spiro atoms. The van der Waals surface area contributed by atoms with Crippen molar-refractivity contribution in [2.75, 3.05) is 37.5 Å². The number of rotatable bonds is 17. The predicted molar refractivity (Wildman–Crippen MR) is 218 cm³/mol. The molecule has 59 heavy (non-hydrogen) atoms. The van der Waals surface area contributed by atoms with Crippen molar-refractivity contribution in [1.82, 2.24) is 28.7 Å². The second kappa shape index (κ2) is 18.9. The predicted octanol–water partition coefficient (Wildman–Crippen LogP) is 0.262. The Morgan fingerprint density at radius 3 is 1.29 bits per heavy atom. The third-order valence-electron chi connectivity index (χ3n) is 9.27. The molecule has 6 heterocycles. The third kappa shape index (κ3) is 11.7. The number of hydrogen-bond acceptors (Lipinski definition) is 21. The van der Waals surface area contributed by atoms with E-state index in [9.17, 15) is 29.1 Å². The molecule has 0 amide bonds. The Kier molecular flexibility index (Phi) is 14.7. The number of aromatic nitrogens is 6. The molecule has 3 saturated heterocycles. The first kappa shape index (κ1) is 46.0. The maximum absolute atomic E-state index is 12.8. The van der Waals surface area contributed by atoms with Crippen LogP contribution in [0.2, 0.25) is 0 Å². The van der Waals surface area contributed by atoms with Gasteiger partial charge < -0.3 is 73.2 Å². The Labute approximate surface area is 350 Å². The summed E-state index contributed by atoms with van der Waals surface area (Å²) in [4.78, 5) is 81.9. The Balaban J connectivity index is 1.15. The fourth-order valence-electron chi connectivity index (χ4n) is 6.50. The number of nitrogens with two attached hydrogens (primary N) is 3. The Hall–Kier alpha value is -2.49. The molecule has 6 unspecified atom stereocenters. The molecule has 3 aromatic heterocycles. The van der Waals surface area contributed by atoms with E-state index in [2.05, 4.69) is 15.0 Å². The fraction of sp³-hybridized carbons (Fsp3) is 0.586. The Morgan fingerprint density at radius 2 is 0.966 bits per heavy atom. The van der Waals surface area contributed by atoms with Gasteiger partial charge in [-0.05, 0) is 60.0 Å². The van der Waals surface area contributed by atoms with Gasteiger partial charge in [-0.25, -0.2) is 14.4 Å². The first-order chi connectivity index (χ1) is 27.7. The number of anilines is 3. The van der Waals surface area contributed by atoms with Crippen molar-refractivity contribution in [1.29, 1.82) is 0 Å². The SMILES string of the molecule is CC[C@@H]1O[C@@H](n2ccc(N)nc2=O)CC1OP(O)(=S)OC[C@@H]1O[C@@H](n2ccc(N)nc2=O)CC1OP(O)(=S)OC[C@@H]1O[C@@H](n2ccc(N)nc2=O)CC1OP(O)(=S)OC. The van der Waals surface area contributed by atoms with Crippen LogP contribution in [0, 0.1) is 0 Å². The van der Waals surface area contributed by atoms with Crippen molar-refractivity contribution < 1.29 is 56.0 Å². The quantitative estimate of drug-likeness (QED) is 0.0989. The number of ether oxygens (including phenoxy) is 3. The van der Waals surface area contributed by atoms with Crippen LogP contribution in [0.25, 0.3) is 0 Å². The lowest BCUT2D eigenvalue weighted by Crippen LogP contribution is -2.31. The van der Waals surface area contributed by atoms with Crippen molar-refractivity contribution in [3.63, 3.8) is 0 Å². The molecule has 24 nitrogen and oxygen atoms in total. The lowest BCUT2D eigenvalue weighted by molar-refractivity contribution is -0.0524. The zero-order valence-corrected chi connectivity index (χ0v) is 36.3. The van der Waals surface area contributed by atoms with E-state index in [0.717, 1.165) is 16.2 Å².